The zero-order chi connectivity index (χ0) is 14.1. The number of hydrogen-bond acceptors (Lipinski definition) is 3. The van der Waals surface area contributed by atoms with Crippen LogP contribution in [0.25, 0.3) is 0 Å². The number of rotatable bonds is 2. The predicted molar refractivity (Wildman–Crippen MR) is 67.4 cm³/mol. The fourth-order valence-electron chi connectivity index (χ4n) is 2.49. The van der Waals surface area contributed by atoms with Crippen LogP contribution in [0.4, 0.5) is 4.79 Å². The van der Waals surface area contributed by atoms with Gasteiger partial charge in [-0.25, -0.2) is 9.59 Å². The molecule has 0 aromatic heterocycles. The molecule has 5 nitrogen and oxygen atoms in total. The zero-order valence-electron chi connectivity index (χ0n) is 11.8. The molecule has 1 fully saturated rings. The minimum Gasteiger partial charge on any atom is -0.479 e. The Labute approximate surface area is 108 Å². The van der Waals surface area contributed by atoms with E-state index >= 15 is 0 Å². The molecular formula is C13H23NO4. The summed E-state index contributed by atoms with van der Waals surface area (Å²) in [7, 11) is 0. The molecule has 0 aromatic rings. The molecule has 104 valence electrons. The lowest BCUT2D eigenvalue weighted by molar-refractivity contribution is -0.149. The fourth-order valence-corrected chi connectivity index (χ4v) is 2.49. The average Bonchev–Trinajstić information content (AvgIpc) is 2.54. The number of hydrogen-bond donors (Lipinski definition) is 1. The highest BCUT2D eigenvalue weighted by Gasteiger charge is 2.52. The molecule has 0 aromatic carbocycles. The van der Waals surface area contributed by atoms with E-state index in [1.54, 1.807) is 27.7 Å². The van der Waals surface area contributed by atoms with Crippen molar-refractivity contribution in [2.75, 3.05) is 6.54 Å². The molecule has 1 N–H and O–H groups in total. The number of aliphatic carboxylic acids is 1. The highest BCUT2D eigenvalue weighted by atomic mass is 16.6. The molecule has 0 bridgehead atoms. The van der Waals surface area contributed by atoms with Crippen LogP contribution in [-0.4, -0.2) is 39.8 Å². The Morgan fingerprint density at radius 3 is 2.39 bits per heavy atom. The Kier molecular flexibility index (Phi) is 3.93. The van der Waals surface area contributed by atoms with E-state index < -0.39 is 23.2 Å². The van der Waals surface area contributed by atoms with Crippen LogP contribution in [0.2, 0.25) is 0 Å². The van der Waals surface area contributed by atoms with Crippen LogP contribution in [0.1, 0.15) is 47.5 Å². The van der Waals surface area contributed by atoms with Crippen molar-refractivity contribution < 1.29 is 19.4 Å². The van der Waals surface area contributed by atoms with Gasteiger partial charge in [-0.3, -0.25) is 4.90 Å². The van der Waals surface area contributed by atoms with Gasteiger partial charge in [-0.1, -0.05) is 13.8 Å². The summed E-state index contributed by atoms with van der Waals surface area (Å²) in [4.78, 5) is 25.0. The molecule has 0 spiro atoms. The van der Waals surface area contributed by atoms with Gasteiger partial charge in [0.25, 0.3) is 0 Å². The Bertz CT molecular complexity index is 347. The van der Waals surface area contributed by atoms with Gasteiger partial charge in [0, 0.05) is 6.54 Å². The van der Waals surface area contributed by atoms with Crippen molar-refractivity contribution in [1.82, 2.24) is 4.90 Å². The number of amides is 1. The van der Waals surface area contributed by atoms with Crippen LogP contribution in [0.5, 0.6) is 0 Å². The van der Waals surface area contributed by atoms with Gasteiger partial charge >= 0.3 is 12.1 Å². The third-order valence-corrected chi connectivity index (χ3v) is 3.29. The van der Waals surface area contributed by atoms with Crippen molar-refractivity contribution in [2.45, 2.75) is 58.6 Å². The summed E-state index contributed by atoms with van der Waals surface area (Å²) in [5.74, 6) is -0.770. The molecule has 2 atom stereocenters. The molecule has 2 unspecified atom stereocenters. The number of carboxylic acids is 1. The summed E-state index contributed by atoms with van der Waals surface area (Å²) in [6, 6.07) is 0. The van der Waals surface area contributed by atoms with E-state index in [0.717, 1.165) is 0 Å². The van der Waals surface area contributed by atoms with E-state index in [9.17, 15) is 14.7 Å². The summed E-state index contributed by atoms with van der Waals surface area (Å²) in [5, 5.41) is 9.45. The smallest absolute Gasteiger partial charge is 0.411 e. The van der Waals surface area contributed by atoms with Gasteiger partial charge in [-0.2, -0.15) is 0 Å². The van der Waals surface area contributed by atoms with Crippen LogP contribution in [0.3, 0.4) is 0 Å². The number of likely N-dealkylation sites (tertiary alicyclic amines) is 1. The maximum absolute atomic E-state index is 12.1. The van der Waals surface area contributed by atoms with Crippen molar-refractivity contribution in [3.8, 4) is 0 Å². The zero-order valence-corrected chi connectivity index (χ0v) is 11.8. The Balaban J connectivity index is 2.98. The molecule has 1 rings (SSSR count). The first-order valence-corrected chi connectivity index (χ1v) is 6.36. The molecule has 1 saturated heterocycles. The van der Waals surface area contributed by atoms with Crippen molar-refractivity contribution >= 4 is 12.1 Å². The molecule has 1 aliphatic rings. The lowest BCUT2D eigenvalue weighted by atomic mass is 9.90. The monoisotopic (exact) mass is 257 g/mol. The second kappa shape index (κ2) is 4.78. The van der Waals surface area contributed by atoms with E-state index in [0.29, 0.717) is 19.4 Å². The van der Waals surface area contributed by atoms with Gasteiger partial charge < -0.3 is 9.84 Å². The van der Waals surface area contributed by atoms with Crippen molar-refractivity contribution in [3.63, 3.8) is 0 Å². The topological polar surface area (TPSA) is 66.8 Å². The summed E-state index contributed by atoms with van der Waals surface area (Å²) < 4.78 is 5.30. The second-order valence-corrected chi connectivity index (χ2v) is 6.09. The summed E-state index contributed by atoms with van der Waals surface area (Å²) in [5.41, 5.74) is -1.72. The Morgan fingerprint density at radius 1 is 1.44 bits per heavy atom. The predicted octanol–water partition coefficient (Wildman–Crippen LogP) is 2.50. The van der Waals surface area contributed by atoms with E-state index in [4.69, 9.17) is 4.74 Å². The third kappa shape index (κ3) is 2.76. The van der Waals surface area contributed by atoms with Gasteiger partial charge in [0.2, 0.25) is 0 Å². The normalized spacial score (nSPS) is 28.3. The summed E-state index contributed by atoms with van der Waals surface area (Å²) in [6.07, 6.45) is 0.348. The third-order valence-electron chi connectivity index (χ3n) is 3.29. The maximum atomic E-state index is 12.1. The van der Waals surface area contributed by atoms with Gasteiger partial charge in [-0.05, 0) is 39.5 Å². The van der Waals surface area contributed by atoms with Gasteiger partial charge in [-0.15, -0.1) is 0 Å². The van der Waals surface area contributed by atoms with Crippen molar-refractivity contribution in [1.29, 1.82) is 0 Å². The molecule has 1 aliphatic heterocycles. The first kappa shape index (κ1) is 14.8. The first-order valence-electron chi connectivity index (χ1n) is 6.36. The van der Waals surface area contributed by atoms with Crippen molar-refractivity contribution in [3.05, 3.63) is 0 Å². The number of nitrogens with zero attached hydrogens (tertiary/aromatic N) is 1. The summed E-state index contributed by atoms with van der Waals surface area (Å²) in [6.45, 7) is 9.52. The number of carbonyl (C=O) groups is 2. The molecule has 1 amide bonds. The van der Waals surface area contributed by atoms with E-state index in [-0.39, 0.29) is 5.92 Å². The lowest BCUT2D eigenvalue weighted by Gasteiger charge is -2.35. The summed E-state index contributed by atoms with van der Waals surface area (Å²) >= 11 is 0. The van der Waals surface area contributed by atoms with Crippen LogP contribution in [0.15, 0.2) is 0 Å². The van der Waals surface area contributed by atoms with Gasteiger partial charge in [0.15, 0.2) is 0 Å². The minimum absolute atomic E-state index is 0.175. The number of carbonyl (C=O) groups excluding carboxylic acids is 1. The highest BCUT2D eigenvalue weighted by molar-refractivity contribution is 5.85. The van der Waals surface area contributed by atoms with Crippen LogP contribution >= 0.6 is 0 Å². The molecular weight excluding hydrogens is 234 g/mol. The molecule has 0 saturated carbocycles. The van der Waals surface area contributed by atoms with E-state index in [1.807, 2.05) is 6.92 Å². The Morgan fingerprint density at radius 2 is 2.00 bits per heavy atom. The Hall–Kier alpha value is -1.26. The van der Waals surface area contributed by atoms with Crippen molar-refractivity contribution in [2.24, 2.45) is 5.92 Å². The fraction of sp³-hybridized carbons (Fsp3) is 0.846. The second-order valence-electron chi connectivity index (χ2n) is 6.09. The highest BCUT2D eigenvalue weighted by Crippen LogP contribution is 2.37. The standard InChI is InChI=1S/C13H23NO4/c1-6-13(10(15)16)7-9(2)8-14(13)11(17)18-12(3,4)5/h9H,6-8H2,1-5H3,(H,15,16). The van der Waals surface area contributed by atoms with Crippen LogP contribution in [0, 0.1) is 5.92 Å². The SMILES string of the molecule is CCC1(C(=O)O)CC(C)CN1C(=O)OC(C)(C)C. The average molecular weight is 257 g/mol. The molecule has 0 radical (unpaired) electrons. The lowest BCUT2D eigenvalue weighted by Crippen LogP contribution is -2.53. The maximum Gasteiger partial charge on any atom is 0.411 e. The molecule has 5 heteroatoms. The molecule has 0 aliphatic carbocycles. The van der Waals surface area contributed by atoms with E-state index in [1.165, 1.54) is 4.90 Å². The largest absolute Gasteiger partial charge is 0.479 e. The van der Waals surface area contributed by atoms with Gasteiger partial charge in [0.05, 0.1) is 0 Å². The molecule has 18 heavy (non-hydrogen) atoms. The minimum atomic E-state index is -1.11. The van der Waals surface area contributed by atoms with Crippen LogP contribution in [-0.2, 0) is 9.53 Å². The first-order chi connectivity index (χ1) is 8.12. The molecule has 1 heterocycles. The van der Waals surface area contributed by atoms with Gasteiger partial charge in [0.1, 0.15) is 11.1 Å². The quantitative estimate of drug-likeness (QED) is 0.825. The van der Waals surface area contributed by atoms with Crippen LogP contribution < -0.4 is 0 Å². The number of carboxylic acid groups (broad SMARTS) is 1. The number of ether oxygens (including phenoxy) is 1. The van der Waals surface area contributed by atoms with E-state index in [2.05, 4.69) is 0 Å².